The van der Waals surface area contributed by atoms with E-state index in [1.165, 1.54) is 5.82 Å². The zero-order valence-corrected chi connectivity index (χ0v) is 5.41. The fraction of sp³-hybridized carbons (Fsp3) is 0.500. The van der Waals surface area contributed by atoms with Gasteiger partial charge in [0, 0.05) is 19.7 Å². The molecule has 0 amide bonds. The van der Waals surface area contributed by atoms with Crippen LogP contribution in [0, 0.1) is 0 Å². The fourth-order valence-electron chi connectivity index (χ4n) is 1.18. The van der Waals surface area contributed by atoms with Gasteiger partial charge in [-0.1, -0.05) is 0 Å². The maximum atomic E-state index is 4.12. The predicted molar refractivity (Wildman–Crippen MR) is 35.5 cm³/mol. The average Bonchev–Trinajstić information content (AvgIpc) is 2.35. The molecule has 0 spiro atoms. The van der Waals surface area contributed by atoms with Crippen LogP contribution in [0.4, 0.5) is 5.82 Å². The first-order valence-electron chi connectivity index (χ1n) is 3.11. The molecule has 1 aliphatic rings. The van der Waals surface area contributed by atoms with Crippen molar-refractivity contribution in [2.75, 3.05) is 18.5 Å². The highest BCUT2D eigenvalue weighted by Crippen LogP contribution is 2.16. The Hall–Kier alpha value is -0.990. The van der Waals surface area contributed by atoms with Crippen LogP contribution in [-0.4, -0.2) is 23.4 Å². The van der Waals surface area contributed by atoms with Crippen LogP contribution in [0.1, 0.15) is 0 Å². The number of hydrogen-bond donors (Lipinski definition) is 0. The molecule has 0 saturated heterocycles. The zero-order valence-electron chi connectivity index (χ0n) is 5.41. The second kappa shape index (κ2) is 1.50. The van der Waals surface area contributed by atoms with Gasteiger partial charge in [0.2, 0.25) is 0 Å². The molecule has 0 aliphatic carbocycles. The Bertz CT molecular complexity index is 216. The molecule has 3 nitrogen and oxygen atoms in total. The maximum absolute atomic E-state index is 4.12. The maximum Gasteiger partial charge on any atom is 0.126 e. The number of fused-ring (bicyclic) bond motifs is 1. The van der Waals surface area contributed by atoms with Crippen molar-refractivity contribution in [1.82, 2.24) is 9.78 Å². The summed E-state index contributed by atoms with van der Waals surface area (Å²) in [6, 6.07) is 2.03. The van der Waals surface area contributed by atoms with Gasteiger partial charge in [-0.15, -0.1) is 0 Å². The summed E-state index contributed by atoms with van der Waals surface area (Å²) < 4.78 is 2.01. The van der Waals surface area contributed by atoms with Crippen LogP contribution in [0.2, 0.25) is 0 Å². The van der Waals surface area contributed by atoms with Crippen molar-refractivity contribution in [2.45, 2.75) is 6.54 Å². The van der Waals surface area contributed by atoms with Crippen LogP contribution in [0.25, 0.3) is 0 Å². The lowest BCUT2D eigenvalue weighted by molar-refractivity contribution is 0.691. The zero-order chi connectivity index (χ0) is 6.27. The Kier molecular flexibility index (Phi) is 0.806. The van der Waals surface area contributed by atoms with E-state index < -0.39 is 0 Å². The third-order valence-corrected chi connectivity index (χ3v) is 1.73. The van der Waals surface area contributed by atoms with Crippen molar-refractivity contribution in [3.05, 3.63) is 12.3 Å². The van der Waals surface area contributed by atoms with Gasteiger partial charge >= 0.3 is 0 Å². The molecule has 0 atom stereocenters. The lowest BCUT2D eigenvalue weighted by Crippen LogP contribution is -2.12. The molecule has 1 aromatic heterocycles. The number of nitrogens with zero attached hydrogens (tertiary/aromatic N) is 3. The van der Waals surface area contributed by atoms with Gasteiger partial charge in [0.1, 0.15) is 5.82 Å². The first-order valence-corrected chi connectivity index (χ1v) is 3.11. The Morgan fingerprint density at radius 3 is 3.22 bits per heavy atom. The van der Waals surface area contributed by atoms with Crippen LogP contribution >= 0.6 is 0 Å². The molecule has 9 heavy (non-hydrogen) atoms. The normalized spacial score (nSPS) is 16.3. The van der Waals surface area contributed by atoms with E-state index in [1.807, 2.05) is 16.9 Å². The number of aromatic nitrogens is 2. The molecule has 1 aromatic rings. The van der Waals surface area contributed by atoms with Crippen LogP contribution in [0.3, 0.4) is 0 Å². The smallest absolute Gasteiger partial charge is 0.126 e. The number of rotatable bonds is 0. The highest BCUT2D eigenvalue weighted by molar-refractivity contribution is 5.39. The highest BCUT2D eigenvalue weighted by Gasteiger charge is 2.13. The molecule has 0 fully saturated rings. The van der Waals surface area contributed by atoms with Gasteiger partial charge < -0.3 is 4.90 Å². The molecule has 0 radical (unpaired) electrons. The molecule has 2 heterocycles. The van der Waals surface area contributed by atoms with E-state index >= 15 is 0 Å². The molecular weight excluding hydrogens is 114 g/mol. The summed E-state index contributed by atoms with van der Waals surface area (Å²) >= 11 is 0. The van der Waals surface area contributed by atoms with E-state index in [9.17, 15) is 0 Å². The van der Waals surface area contributed by atoms with Crippen LogP contribution in [-0.2, 0) is 6.54 Å². The van der Waals surface area contributed by atoms with Crippen molar-refractivity contribution in [3.8, 4) is 0 Å². The first-order chi connectivity index (χ1) is 4.38. The SMILES string of the molecule is CN1CCn2nccc21. The lowest BCUT2D eigenvalue weighted by atomic mass is 10.6. The van der Waals surface area contributed by atoms with Crippen molar-refractivity contribution in [1.29, 1.82) is 0 Å². The Morgan fingerprint density at radius 2 is 2.44 bits per heavy atom. The van der Waals surface area contributed by atoms with Gasteiger partial charge in [-0.2, -0.15) is 5.10 Å². The molecule has 2 rings (SSSR count). The Balaban J connectivity index is 2.49. The van der Waals surface area contributed by atoms with E-state index in [4.69, 9.17) is 0 Å². The monoisotopic (exact) mass is 123 g/mol. The summed E-state index contributed by atoms with van der Waals surface area (Å²) in [5, 5.41) is 4.12. The number of anilines is 1. The number of hydrogen-bond acceptors (Lipinski definition) is 2. The van der Waals surface area contributed by atoms with Gasteiger partial charge in [0.15, 0.2) is 0 Å². The minimum Gasteiger partial charge on any atom is -0.358 e. The Morgan fingerprint density at radius 1 is 1.56 bits per heavy atom. The van der Waals surface area contributed by atoms with Crippen LogP contribution in [0.5, 0.6) is 0 Å². The van der Waals surface area contributed by atoms with Crippen molar-refractivity contribution in [3.63, 3.8) is 0 Å². The summed E-state index contributed by atoms with van der Waals surface area (Å²) in [5.74, 6) is 1.23. The van der Waals surface area contributed by atoms with E-state index in [0.29, 0.717) is 0 Å². The summed E-state index contributed by atoms with van der Waals surface area (Å²) in [6.07, 6.45) is 1.84. The molecule has 1 aliphatic heterocycles. The van der Waals surface area contributed by atoms with Crippen molar-refractivity contribution >= 4 is 5.82 Å². The molecule has 48 valence electrons. The van der Waals surface area contributed by atoms with E-state index in [0.717, 1.165) is 13.1 Å². The van der Waals surface area contributed by atoms with Gasteiger partial charge in [-0.05, 0) is 0 Å². The molecular formula is C6H9N3. The summed E-state index contributed by atoms with van der Waals surface area (Å²) in [5.41, 5.74) is 0. The third-order valence-electron chi connectivity index (χ3n) is 1.73. The quantitative estimate of drug-likeness (QED) is 0.495. The van der Waals surface area contributed by atoms with Gasteiger partial charge in [0.25, 0.3) is 0 Å². The highest BCUT2D eigenvalue weighted by atomic mass is 15.4. The van der Waals surface area contributed by atoms with Crippen LogP contribution < -0.4 is 4.90 Å². The van der Waals surface area contributed by atoms with Crippen LogP contribution in [0.15, 0.2) is 12.3 Å². The topological polar surface area (TPSA) is 21.1 Å². The third kappa shape index (κ3) is 0.542. The van der Waals surface area contributed by atoms with Gasteiger partial charge in [0.05, 0.1) is 12.7 Å². The molecule has 3 heteroatoms. The molecule has 0 aromatic carbocycles. The fourth-order valence-corrected chi connectivity index (χ4v) is 1.18. The summed E-state index contributed by atoms with van der Waals surface area (Å²) in [6.45, 7) is 2.14. The molecule has 0 saturated carbocycles. The summed E-state index contributed by atoms with van der Waals surface area (Å²) in [7, 11) is 2.08. The molecule has 0 bridgehead atoms. The van der Waals surface area contributed by atoms with Gasteiger partial charge in [-0.3, -0.25) is 0 Å². The van der Waals surface area contributed by atoms with Crippen molar-refractivity contribution < 1.29 is 0 Å². The lowest BCUT2D eigenvalue weighted by Gasteiger charge is -2.05. The first kappa shape index (κ1) is 4.85. The minimum atomic E-state index is 1.04. The summed E-state index contributed by atoms with van der Waals surface area (Å²) in [4.78, 5) is 2.20. The molecule has 0 N–H and O–H groups in total. The van der Waals surface area contributed by atoms with E-state index in [2.05, 4.69) is 17.0 Å². The molecule has 0 unspecified atom stereocenters. The second-order valence-corrected chi connectivity index (χ2v) is 2.33. The number of likely N-dealkylation sites (N-methyl/N-ethyl adjacent to an activating group) is 1. The largest absolute Gasteiger partial charge is 0.358 e. The Labute approximate surface area is 53.9 Å². The van der Waals surface area contributed by atoms with Crippen molar-refractivity contribution in [2.24, 2.45) is 0 Å². The van der Waals surface area contributed by atoms with E-state index in [-0.39, 0.29) is 0 Å². The van der Waals surface area contributed by atoms with Gasteiger partial charge in [-0.25, -0.2) is 4.68 Å². The van der Waals surface area contributed by atoms with E-state index in [1.54, 1.807) is 0 Å². The minimum absolute atomic E-state index is 1.04. The standard InChI is InChI=1S/C6H9N3/c1-8-4-5-9-6(8)2-3-7-9/h2-3H,4-5H2,1H3. The second-order valence-electron chi connectivity index (χ2n) is 2.33. The predicted octanol–water partition coefficient (Wildman–Crippen LogP) is 0.333. The average molecular weight is 123 g/mol.